The first-order valence-electron chi connectivity index (χ1n) is 4.87. The van der Waals surface area contributed by atoms with Gasteiger partial charge >= 0.3 is 0 Å². The Morgan fingerprint density at radius 2 is 2.36 bits per heavy atom. The van der Waals surface area contributed by atoms with Crippen LogP contribution in [0, 0.1) is 17.2 Å². The second-order valence-electron chi connectivity index (χ2n) is 3.41. The number of nitrogens with one attached hydrogen (secondary N) is 1. The van der Waals surface area contributed by atoms with E-state index in [-0.39, 0.29) is 0 Å². The van der Waals surface area contributed by atoms with Gasteiger partial charge < -0.3 is 5.32 Å². The minimum absolute atomic E-state index is 0.458. The number of anilines is 1. The molecule has 74 valence electrons. The fraction of sp³-hybridized carbons (Fsp3) is 0.455. The molecule has 1 atom stereocenters. The van der Waals surface area contributed by atoms with Crippen molar-refractivity contribution in [1.82, 2.24) is 4.98 Å². The van der Waals surface area contributed by atoms with Gasteiger partial charge in [-0.2, -0.15) is 5.26 Å². The van der Waals surface area contributed by atoms with Crippen LogP contribution in [0.3, 0.4) is 0 Å². The van der Waals surface area contributed by atoms with Crippen LogP contribution in [0.2, 0.25) is 0 Å². The fourth-order valence-electron chi connectivity index (χ4n) is 1.02. The number of aromatic nitrogens is 1. The predicted molar refractivity (Wildman–Crippen MR) is 56.9 cm³/mol. The van der Waals surface area contributed by atoms with E-state index in [0.29, 0.717) is 11.6 Å². The first-order valence-corrected chi connectivity index (χ1v) is 4.87. The summed E-state index contributed by atoms with van der Waals surface area (Å²) in [4.78, 5) is 4.13. The topological polar surface area (TPSA) is 48.7 Å². The first kappa shape index (κ1) is 10.5. The lowest BCUT2D eigenvalue weighted by Crippen LogP contribution is -2.11. The summed E-state index contributed by atoms with van der Waals surface area (Å²) in [6.45, 7) is 5.24. The molecule has 3 heteroatoms. The fourth-order valence-corrected chi connectivity index (χ4v) is 1.02. The molecule has 1 heterocycles. The van der Waals surface area contributed by atoms with Crippen molar-refractivity contribution < 1.29 is 0 Å². The normalized spacial score (nSPS) is 11.8. The third-order valence-electron chi connectivity index (χ3n) is 2.19. The van der Waals surface area contributed by atoms with Crippen LogP contribution in [-0.2, 0) is 0 Å². The molecule has 0 bridgehead atoms. The Bertz CT molecular complexity index is 328. The summed E-state index contributed by atoms with van der Waals surface area (Å²) in [5, 5.41) is 11.9. The van der Waals surface area contributed by atoms with Crippen molar-refractivity contribution >= 4 is 5.82 Å². The summed E-state index contributed by atoms with van der Waals surface area (Å²) in [6, 6.07) is 7.44. The summed E-state index contributed by atoms with van der Waals surface area (Å²) >= 11 is 0. The first-order chi connectivity index (χ1) is 6.76. The molecule has 0 aliphatic carbocycles. The van der Waals surface area contributed by atoms with Gasteiger partial charge in [0.25, 0.3) is 0 Å². The Morgan fingerprint density at radius 3 is 3.00 bits per heavy atom. The van der Waals surface area contributed by atoms with E-state index in [1.54, 1.807) is 6.07 Å². The average molecular weight is 189 g/mol. The van der Waals surface area contributed by atoms with Crippen LogP contribution in [0.25, 0.3) is 0 Å². The van der Waals surface area contributed by atoms with Crippen LogP contribution in [0.4, 0.5) is 5.82 Å². The minimum Gasteiger partial charge on any atom is -0.370 e. The standard InChI is InChI=1S/C11H15N3/c1-3-9(2)8-13-11-6-4-5-10(7-12)14-11/h4-6,9H,3,8H2,1-2H3,(H,13,14). The highest BCUT2D eigenvalue weighted by Gasteiger charge is 1.99. The molecular weight excluding hydrogens is 174 g/mol. The molecule has 1 N–H and O–H groups in total. The van der Waals surface area contributed by atoms with Crippen LogP contribution >= 0.6 is 0 Å². The smallest absolute Gasteiger partial charge is 0.142 e. The van der Waals surface area contributed by atoms with Gasteiger partial charge in [0.05, 0.1) is 0 Å². The highest BCUT2D eigenvalue weighted by atomic mass is 15.0. The highest BCUT2D eigenvalue weighted by molar-refractivity contribution is 5.38. The molecule has 3 nitrogen and oxygen atoms in total. The number of hydrogen-bond acceptors (Lipinski definition) is 3. The quantitative estimate of drug-likeness (QED) is 0.791. The summed E-state index contributed by atoms with van der Waals surface area (Å²) in [6.07, 6.45) is 1.14. The molecule has 0 radical (unpaired) electrons. The Balaban J connectivity index is 2.55. The van der Waals surface area contributed by atoms with E-state index >= 15 is 0 Å². The molecular formula is C11H15N3. The third-order valence-corrected chi connectivity index (χ3v) is 2.19. The van der Waals surface area contributed by atoms with E-state index in [1.165, 1.54) is 0 Å². The predicted octanol–water partition coefficient (Wildman–Crippen LogP) is 2.41. The molecule has 0 spiro atoms. The van der Waals surface area contributed by atoms with Crippen molar-refractivity contribution in [3.05, 3.63) is 23.9 Å². The summed E-state index contributed by atoms with van der Waals surface area (Å²) in [5.41, 5.74) is 0.458. The molecule has 1 rings (SSSR count). The lowest BCUT2D eigenvalue weighted by atomic mass is 10.1. The maximum Gasteiger partial charge on any atom is 0.142 e. The SMILES string of the molecule is CCC(C)CNc1cccc(C#N)n1. The third kappa shape index (κ3) is 3.06. The van der Waals surface area contributed by atoms with Crippen molar-refractivity contribution in [2.45, 2.75) is 20.3 Å². The van der Waals surface area contributed by atoms with E-state index in [0.717, 1.165) is 18.8 Å². The highest BCUT2D eigenvalue weighted by Crippen LogP contribution is 2.06. The van der Waals surface area contributed by atoms with Gasteiger partial charge in [-0.25, -0.2) is 4.98 Å². The van der Waals surface area contributed by atoms with Crippen molar-refractivity contribution in [2.24, 2.45) is 5.92 Å². The van der Waals surface area contributed by atoms with E-state index in [2.05, 4.69) is 24.1 Å². The molecule has 0 saturated carbocycles. The van der Waals surface area contributed by atoms with Gasteiger partial charge in [-0.3, -0.25) is 0 Å². The van der Waals surface area contributed by atoms with Gasteiger partial charge in [-0.1, -0.05) is 26.3 Å². The molecule has 0 amide bonds. The van der Waals surface area contributed by atoms with Crippen LogP contribution in [-0.4, -0.2) is 11.5 Å². The van der Waals surface area contributed by atoms with Gasteiger partial charge in [0.15, 0.2) is 0 Å². The van der Waals surface area contributed by atoms with Gasteiger partial charge in [-0.05, 0) is 18.1 Å². The molecule has 1 unspecified atom stereocenters. The molecule has 0 aliphatic rings. The van der Waals surface area contributed by atoms with Crippen molar-refractivity contribution in [3.8, 4) is 6.07 Å². The molecule has 0 fully saturated rings. The van der Waals surface area contributed by atoms with Crippen molar-refractivity contribution in [3.63, 3.8) is 0 Å². The summed E-state index contributed by atoms with van der Waals surface area (Å²) < 4.78 is 0. The minimum atomic E-state index is 0.458. The van der Waals surface area contributed by atoms with E-state index in [4.69, 9.17) is 5.26 Å². The number of nitrogens with zero attached hydrogens (tertiary/aromatic N) is 2. The average Bonchev–Trinajstić information content (AvgIpc) is 2.26. The second-order valence-corrected chi connectivity index (χ2v) is 3.41. The molecule has 0 aliphatic heterocycles. The maximum absolute atomic E-state index is 8.65. The van der Waals surface area contributed by atoms with Crippen molar-refractivity contribution in [1.29, 1.82) is 5.26 Å². The Kier molecular flexibility index (Phi) is 3.93. The van der Waals surface area contributed by atoms with E-state index in [9.17, 15) is 0 Å². The number of pyridine rings is 1. The van der Waals surface area contributed by atoms with Crippen LogP contribution in [0.1, 0.15) is 26.0 Å². The number of nitriles is 1. The second kappa shape index (κ2) is 5.23. The lowest BCUT2D eigenvalue weighted by molar-refractivity contribution is 0.592. The number of rotatable bonds is 4. The Hall–Kier alpha value is -1.56. The molecule has 0 aromatic carbocycles. The largest absolute Gasteiger partial charge is 0.370 e. The zero-order valence-corrected chi connectivity index (χ0v) is 8.62. The van der Waals surface area contributed by atoms with Gasteiger partial charge in [0.2, 0.25) is 0 Å². The van der Waals surface area contributed by atoms with Crippen LogP contribution < -0.4 is 5.32 Å². The summed E-state index contributed by atoms with van der Waals surface area (Å²) in [7, 11) is 0. The Morgan fingerprint density at radius 1 is 1.57 bits per heavy atom. The maximum atomic E-state index is 8.65. The zero-order chi connectivity index (χ0) is 10.4. The lowest BCUT2D eigenvalue weighted by Gasteiger charge is -2.10. The van der Waals surface area contributed by atoms with Crippen LogP contribution in [0.5, 0.6) is 0 Å². The number of hydrogen-bond donors (Lipinski definition) is 1. The van der Waals surface area contributed by atoms with Gasteiger partial charge in [0, 0.05) is 6.54 Å². The molecule has 0 saturated heterocycles. The van der Waals surface area contributed by atoms with Gasteiger partial charge in [-0.15, -0.1) is 0 Å². The zero-order valence-electron chi connectivity index (χ0n) is 8.62. The molecule has 1 aromatic heterocycles. The van der Waals surface area contributed by atoms with Crippen molar-refractivity contribution in [2.75, 3.05) is 11.9 Å². The molecule has 1 aromatic rings. The summed E-state index contributed by atoms with van der Waals surface area (Å²) in [5.74, 6) is 1.41. The monoisotopic (exact) mass is 189 g/mol. The van der Waals surface area contributed by atoms with Gasteiger partial charge in [0.1, 0.15) is 17.6 Å². The Labute approximate surface area is 84.8 Å². The van der Waals surface area contributed by atoms with E-state index in [1.807, 2.05) is 18.2 Å². The van der Waals surface area contributed by atoms with Crippen LogP contribution in [0.15, 0.2) is 18.2 Å². The van der Waals surface area contributed by atoms with E-state index < -0.39 is 0 Å². The molecule has 14 heavy (non-hydrogen) atoms.